The van der Waals surface area contributed by atoms with E-state index in [-0.39, 0.29) is 5.91 Å². The second-order valence-electron chi connectivity index (χ2n) is 4.44. The van der Waals surface area contributed by atoms with Gasteiger partial charge < -0.3 is 10.3 Å². The molecule has 1 aromatic carbocycles. The lowest BCUT2D eigenvalue weighted by atomic mass is 10.1. The van der Waals surface area contributed by atoms with Gasteiger partial charge in [0.1, 0.15) is 0 Å². The SMILES string of the molecule is Cc1ccc(CNC(=O)c2cccc3[nH]ccc23)s1. The van der Waals surface area contributed by atoms with Gasteiger partial charge in [0.2, 0.25) is 0 Å². The lowest BCUT2D eigenvalue weighted by Crippen LogP contribution is -2.22. The van der Waals surface area contributed by atoms with Crippen LogP contribution >= 0.6 is 11.3 Å². The van der Waals surface area contributed by atoms with Crippen LogP contribution in [0.4, 0.5) is 0 Å². The van der Waals surface area contributed by atoms with Crippen LogP contribution in [0.15, 0.2) is 42.6 Å². The fraction of sp³-hybridized carbons (Fsp3) is 0.133. The van der Waals surface area contributed by atoms with Gasteiger partial charge in [-0.25, -0.2) is 0 Å². The van der Waals surface area contributed by atoms with E-state index in [1.807, 2.05) is 30.5 Å². The zero-order valence-corrected chi connectivity index (χ0v) is 11.4. The van der Waals surface area contributed by atoms with Gasteiger partial charge in [0, 0.05) is 32.4 Å². The highest BCUT2D eigenvalue weighted by Gasteiger charge is 2.10. The van der Waals surface area contributed by atoms with Crippen molar-refractivity contribution in [3.63, 3.8) is 0 Å². The third-order valence-electron chi connectivity index (χ3n) is 3.06. The van der Waals surface area contributed by atoms with Gasteiger partial charge in [-0.3, -0.25) is 4.79 Å². The summed E-state index contributed by atoms with van der Waals surface area (Å²) in [5, 5.41) is 3.93. The second kappa shape index (κ2) is 4.90. The maximum absolute atomic E-state index is 12.2. The topological polar surface area (TPSA) is 44.9 Å². The van der Waals surface area contributed by atoms with E-state index in [0.717, 1.165) is 10.9 Å². The van der Waals surface area contributed by atoms with Crippen molar-refractivity contribution in [1.82, 2.24) is 10.3 Å². The average molecular weight is 270 g/mol. The van der Waals surface area contributed by atoms with E-state index >= 15 is 0 Å². The summed E-state index contributed by atoms with van der Waals surface area (Å²) in [5.74, 6) is -0.0312. The van der Waals surface area contributed by atoms with E-state index in [2.05, 4.69) is 29.4 Å². The molecule has 0 aliphatic carbocycles. The molecule has 3 nitrogen and oxygen atoms in total. The molecule has 0 saturated heterocycles. The minimum absolute atomic E-state index is 0.0312. The third kappa shape index (κ3) is 2.39. The molecule has 2 heterocycles. The van der Waals surface area contributed by atoms with Gasteiger partial charge in [-0.05, 0) is 37.3 Å². The Bertz CT molecular complexity index is 726. The predicted octanol–water partition coefficient (Wildman–Crippen LogP) is 3.47. The van der Waals surface area contributed by atoms with Crippen molar-refractivity contribution in [2.75, 3.05) is 0 Å². The average Bonchev–Trinajstić information content (AvgIpc) is 3.03. The normalized spacial score (nSPS) is 10.8. The molecule has 0 saturated carbocycles. The monoisotopic (exact) mass is 270 g/mol. The molecule has 19 heavy (non-hydrogen) atoms. The van der Waals surface area contributed by atoms with Gasteiger partial charge in [-0.15, -0.1) is 11.3 Å². The van der Waals surface area contributed by atoms with Gasteiger partial charge in [0.15, 0.2) is 0 Å². The fourth-order valence-electron chi connectivity index (χ4n) is 2.13. The summed E-state index contributed by atoms with van der Waals surface area (Å²) in [7, 11) is 0. The van der Waals surface area contributed by atoms with Crippen LogP contribution < -0.4 is 5.32 Å². The Kier molecular flexibility index (Phi) is 3.09. The summed E-state index contributed by atoms with van der Waals surface area (Å²) >= 11 is 1.71. The molecule has 0 unspecified atom stereocenters. The largest absolute Gasteiger partial charge is 0.361 e. The molecule has 2 N–H and O–H groups in total. The number of rotatable bonds is 3. The van der Waals surface area contributed by atoms with Crippen molar-refractivity contribution in [3.05, 3.63) is 57.9 Å². The Labute approximate surface area is 115 Å². The number of thiophene rings is 1. The molecule has 0 spiro atoms. The first-order valence-corrected chi connectivity index (χ1v) is 6.95. The molecule has 0 radical (unpaired) electrons. The third-order valence-corrected chi connectivity index (χ3v) is 4.06. The van der Waals surface area contributed by atoms with Gasteiger partial charge in [0.05, 0.1) is 6.54 Å². The quantitative estimate of drug-likeness (QED) is 0.752. The van der Waals surface area contributed by atoms with E-state index in [9.17, 15) is 4.79 Å². The number of benzene rings is 1. The van der Waals surface area contributed by atoms with Crippen LogP contribution in [0.3, 0.4) is 0 Å². The van der Waals surface area contributed by atoms with E-state index in [0.29, 0.717) is 12.1 Å². The van der Waals surface area contributed by atoms with Gasteiger partial charge in [0.25, 0.3) is 5.91 Å². The molecule has 3 aromatic rings. The molecular weight excluding hydrogens is 256 g/mol. The molecule has 96 valence electrons. The highest BCUT2D eigenvalue weighted by atomic mass is 32.1. The Morgan fingerprint density at radius 3 is 2.95 bits per heavy atom. The first-order valence-electron chi connectivity index (χ1n) is 6.13. The zero-order valence-electron chi connectivity index (χ0n) is 10.6. The van der Waals surface area contributed by atoms with Crippen molar-refractivity contribution in [2.45, 2.75) is 13.5 Å². The standard InChI is InChI=1S/C15H14N2OS/c1-10-5-6-11(19-10)9-17-15(18)13-3-2-4-14-12(13)7-8-16-14/h2-8,16H,9H2,1H3,(H,17,18). The molecule has 3 rings (SSSR count). The second-order valence-corrected chi connectivity index (χ2v) is 5.81. The van der Waals surface area contributed by atoms with Crippen LogP contribution in [0.1, 0.15) is 20.1 Å². The molecule has 0 bridgehead atoms. The Morgan fingerprint density at radius 2 is 2.16 bits per heavy atom. The summed E-state index contributed by atoms with van der Waals surface area (Å²) in [4.78, 5) is 17.8. The van der Waals surface area contributed by atoms with Crippen molar-refractivity contribution in [2.24, 2.45) is 0 Å². The maximum Gasteiger partial charge on any atom is 0.252 e. The number of amides is 1. The highest BCUT2D eigenvalue weighted by Crippen LogP contribution is 2.18. The first kappa shape index (κ1) is 12.0. The lowest BCUT2D eigenvalue weighted by molar-refractivity contribution is 0.0953. The Hall–Kier alpha value is -2.07. The van der Waals surface area contributed by atoms with Crippen LogP contribution in [-0.2, 0) is 6.54 Å². The number of carbonyl (C=O) groups excluding carboxylic acids is 1. The smallest absolute Gasteiger partial charge is 0.252 e. The molecule has 0 aliphatic heterocycles. The minimum Gasteiger partial charge on any atom is -0.361 e. The molecule has 0 atom stereocenters. The van der Waals surface area contributed by atoms with Gasteiger partial charge in [-0.2, -0.15) is 0 Å². The first-order chi connectivity index (χ1) is 9.24. The summed E-state index contributed by atoms with van der Waals surface area (Å²) in [6, 6.07) is 11.8. The number of carbonyl (C=O) groups is 1. The molecular formula is C15H14N2OS. The molecule has 4 heteroatoms. The van der Waals surface area contributed by atoms with Gasteiger partial charge in [-0.1, -0.05) is 6.07 Å². The number of aromatic amines is 1. The summed E-state index contributed by atoms with van der Waals surface area (Å²) < 4.78 is 0. The number of aromatic nitrogens is 1. The Balaban J connectivity index is 1.78. The molecule has 1 amide bonds. The van der Waals surface area contributed by atoms with Crippen LogP contribution in [-0.4, -0.2) is 10.9 Å². The maximum atomic E-state index is 12.2. The molecule has 0 fully saturated rings. The van der Waals surface area contributed by atoms with Crippen LogP contribution in [0.2, 0.25) is 0 Å². The molecule has 0 aliphatic rings. The van der Waals surface area contributed by atoms with Crippen molar-refractivity contribution in [1.29, 1.82) is 0 Å². The fourth-order valence-corrected chi connectivity index (χ4v) is 2.96. The predicted molar refractivity (Wildman–Crippen MR) is 78.5 cm³/mol. The molecule has 2 aromatic heterocycles. The van der Waals surface area contributed by atoms with Crippen molar-refractivity contribution >= 4 is 28.1 Å². The van der Waals surface area contributed by atoms with Crippen molar-refractivity contribution in [3.8, 4) is 0 Å². The number of hydrogen-bond acceptors (Lipinski definition) is 2. The van der Waals surface area contributed by atoms with Crippen LogP contribution in [0, 0.1) is 6.92 Å². The van der Waals surface area contributed by atoms with Crippen LogP contribution in [0.25, 0.3) is 10.9 Å². The van der Waals surface area contributed by atoms with Crippen molar-refractivity contribution < 1.29 is 4.79 Å². The van der Waals surface area contributed by atoms with Crippen LogP contribution in [0.5, 0.6) is 0 Å². The summed E-state index contributed by atoms with van der Waals surface area (Å²) in [6.07, 6.45) is 1.85. The van der Waals surface area contributed by atoms with E-state index in [1.54, 1.807) is 11.3 Å². The zero-order chi connectivity index (χ0) is 13.2. The van der Waals surface area contributed by atoms with E-state index in [1.165, 1.54) is 9.75 Å². The number of nitrogens with one attached hydrogen (secondary N) is 2. The minimum atomic E-state index is -0.0312. The number of fused-ring (bicyclic) bond motifs is 1. The number of hydrogen-bond donors (Lipinski definition) is 2. The number of aryl methyl sites for hydroxylation is 1. The highest BCUT2D eigenvalue weighted by molar-refractivity contribution is 7.11. The lowest BCUT2D eigenvalue weighted by Gasteiger charge is -2.05. The van der Waals surface area contributed by atoms with E-state index in [4.69, 9.17) is 0 Å². The Morgan fingerprint density at radius 1 is 1.26 bits per heavy atom. The van der Waals surface area contributed by atoms with Gasteiger partial charge >= 0.3 is 0 Å². The summed E-state index contributed by atoms with van der Waals surface area (Å²) in [6.45, 7) is 2.65. The van der Waals surface area contributed by atoms with E-state index < -0.39 is 0 Å². The summed E-state index contributed by atoms with van der Waals surface area (Å²) in [5.41, 5.74) is 1.70. The number of H-pyrrole nitrogens is 1.